The SMILES string of the molecule is CCCOc1cccc(-c2nc(C)c(C(=O)O)s2)c1. The Labute approximate surface area is 115 Å². The summed E-state index contributed by atoms with van der Waals surface area (Å²) in [5.74, 6) is -0.149. The van der Waals surface area contributed by atoms with Crippen molar-refractivity contribution in [3.05, 3.63) is 34.8 Å². The normalized spacial score (nSPS) is 10.4. The topological polar surface area (TPSA) is 59.4 Å². The molecule has 0 aliphatic carbocycles. The highest BCUT2D eigenvalue weighted by molar-refractivity contribution is 7.17. The fourth-order valence-electron chi connectivity index (χ4n) is 1.66. The van der Waals surface area contributed by atoms with Gasteiger partial charge < -0.3 is 9.84 Å². The summed E-state index contributed by atoms with van der Waals surface area (Å²) in [6, 6.07) is 7.57. The summed E-state index contributed by atoms with van der Waals surface area (Å²) in [5.41, 5.74) is 1.43. The van der Waals surface area contributed by atoms with Crippen LogP contribution in [0.4, 0.5) is 0 Å². The largest absolute Gasteiger partial charge is 0.494 e. The number of aromatic nitrogens is 1. The minimum absolute atomic E-state index is 0.287. The van der Waals surface area contributed by atoms with E-state index < -0.39 is 5.97 Å². The number of aryl methyl sites for hydroxylation is 1. The number of carboxylic acids is 1. The van der Waals surface area contributed by atoms with Crippen molar-refractivity contribution >= 4 is 17.3 Å². The molecule has 0 saturated carbocycles. The molecule has 0 bridgehead atoms. The van der Waals surface area contributed by atoms with Gasteiger partial charge in [-0.3, -0.25) is 0 Å². The standard InChI is InChI=1S/C14H15NO3S/c1-3-7-18-11-6-4-5-10(8-11)13-15-9(2)12(19-13)14(16)17/h4-6,8H,3,7H2,1-2H3,(H,16,17). The van der Waals surface area contributed by atoms with E-state index in [-0.39, 0.29) is 4.88 Å². The lowest BCUT2D eigenvalue weighted by Crippen LogP contribution is -1.94. The molecule has 0 aliphatic rings. The molecule has 0 radical (unpaired) electrons. The van der Waals surface area contributed by atoms with Crippen LogP contribution in [-0.4, -0.2) is 22.7 Å². The Morgan fingerprint density at radius 1 is 1.47 bits per heavy atom. The van der Waals surface area contributed by atoms with E-state index in [1.54, 1.807) is 6.92 Å². The van der Waals surface area contributed by atoms with Crippen molar-refractivity contribution in [1.29, 1.82) is 0 Å². The van der Waals surface area contributed by atoms with Gasteiger partial charge >= 0.3 is 5.97 Å². The van der Waals surface area contributed by atoms with E-state index in [1.807, 2.05) is 31.2 Å². The summed E-state index contributed by atoms with van der Waals surface area (Å²) >= 11 is 1.19. The predicted octanol–water partition coefficient (Wildman–Crippen LogP) is 3.61. The van der Waals surface area contributed by atoms with Gasteiger partial charge in [-0.15, -0.1) is 11.3 Å². The molecule has 19 heavy (non-hydrogen) atoms. The fourth-order valence-corrected chi connectivity index (χ4v) is 2.56. The molecular formula is C14H15NO3S. The lowest BCUT2D eigenvalue weighted by Gasteiger charge is -2.05. The summed E-state index contributed by atoms with van der Waals surface area (Å²) in [4.78, 5) is 15.6. The minimum Gasteiger partial charge on any atom is -0.494 e. The summed E-state index contributed by atoms with van der Waals surface area (Å²) in [5, 5.41) is 9.75. The van der Waals surface area contributed by atoms with Crippen molar-refractivity contribution < 1.29 is 14.6 Å². The van der Waals surface area contributed by atoms with E-state index >= 15 is 0 Å². The molecule has 2 rings (SSSR count). The maximum Gasteiger partial charge on any atom is 0.347 e. The molecule has 5 heteroatoms. The van der Waals surface area contributed by atoms with E-state index in [0.29, 0.717) is 17.3 Å². The second-order valence-electron chi connectivity index (χ2n) is 4.11. The van der Waals surface area contributed by atoms with Crippen LogP contribution in [0, 0.1) is 6.92 Å². The molecule has 1 aromatic carbocycles. The van der Waals surface area contributed by atoms with Gasteiger partial charge in [-0.2, -0.15) is 0 Å². The third-order valence-electron chi connectivity index (χ3n) is 2.54. The van der Waals surface area contributed by atoms with Crippen LogP contribution in [0.1, 0.15) is 28.7 Å². The summed E-state index contributed by atoms with van der Waals surface area (Å²) in [6.07, 6.45) is 0.948. The predicted molar refractivity (Wildman–Crippen MR) is 75.0 cm³/mol. The first-order valence-electron chi connectivity index (χ1n) is 6.05. The minimum atomic E-state index is -0.931. The first-order chi connectivity index (χ1) is 9.11. The van der Waals surface area contributed by atoms with Gasteiger partial charge in [-0.25, -0.2) is 9.78 Å². The van der Waals surface area contributed by atoms with Crippen LogP contribution in [-0.2, 0) is 0 Å². The highest BCUT2D eigenvalue weighted by Gasteiger charge is 2.15. The molecule has 1 aromatic heterocycles. The number of benzene rings is 1. The lowest BCUT2D eigenvalue weighted by atomic mass is 10.2. The first kappa shape index (κ1) is 13.5. The van der Waals surface area contributed by atoms with Gasteiger partial charge in [0, 0.05) is 5.56 Å². The fraction of sp³-hybridized carbons (Fsp3) is 0.286. The Kier molecular flexibility index (Phi) is 4.16. The molecule has 0 unspecified atom stereocenters. The Hall–Kier alpha value is -1.88. The van der Waals surface area contributed by atoms with Gasteiger partial charge in [0.1, 0.15) is 15.6 Å². The molecule has 0 aliphatic heterocycles. The molecule has 0 spiro atoms. The average molecular weight is 277 g/mol. The first-order valence-corrected chi connectivity index (χ1v) is 6.87. The highest BCUT2D eigenvalue weighted by atomic mass is 32.1. The van der Waals surface area contributed by atoms with Crippen LogP contribution in [0.25, 0.3) is 10.6 Å². The summed E-state index contributed by atoms with van der Waals surface area (Å²) in [7, 11) is 0. The van der Waals surface area contributed by atoms with E-state index in [1.165, 1.54) is 11.3 Å². The van der Waals surface area contributed by atoms with Crippen LogP contribution < -0.4 is 4.74 Å². The summed E-state index contributed by atoms with van der Waals surface area (Å²) in [6.45, 7) is 4.43. The molecule has 0 fully saturated rings. The van der Waals surface area contributed by atoms with Crippen molar-refractivity contribution in [1.82, 2.24) is 4.98 Å². The van der Waals surface area contributed by atoms with Crippen LogP contribution in [0.2, 0.25) is 0 Å². The number of carboxylic acid groups (broad SMARTS) is 1. The Bertz CT molecular complexity index is 592. The zero-order valence-electron chi connectivity index (χ0n) is 10.8. The smallest absolute Gasteiger partial charge is 0.347 e. The van der Waals surface area contributed by atoms with Crippen molar-refractivity contribution in [2.75, 3.05) is 6.61 Å². The van der Waals surface area contributed by atoms with Crippen LogP contribution in [0.3, 0.4) is 0 Å². The zero-order chi connectivity index (χ0) is 13.8. The molecule has 1 heterocycles. The molecular weight excluding hydrogens is 262 g/mol. The number of nitrogens with zero attached hydrogens (tertiary/aromatic N) is 1. The number of rotatable bonds is 5. The van der Waals surface area contributed by atoms with Crippen molar-refractivity contribution in [3.8, 4) is 16.3 Å². The van der Waals surface area contributed by atoms with E-state index in [0.717, 1.165) is 17.7 Å². The molecule has 0 amide bonds. The Morgan fingerprint density at radius 3 is 2.89 bits per heavy atom. The lowest BCUT2D eigenvalue weighted by molar-refractivity contribution is 0.0701. The second-order valence-corrected chi connectivity index (χ2v) is 5.11. The van der Waals surface area contributed by atoms with Crippen molar-refractivity contribution in [2.24, 2.45) is 0 Å². The van der Waals surface area contributed by atoms with Crippen molar-refractivity contribution in [2.45, 2.75) is 20.3 Å². The van der Waals surface area contributed by atoms with Crippen LogP contribution in [0.15, 0.2) is 24.3 Å². The van der Waals surface area contributed by atoms with Gasteiger partial charge in [0.2, 0.25) is 0 Å². The zero-order valence-corrected chi connectivity index (χ0v) is 11.7. The van der Waals surface area contributed by atoms with Crippen molar-refractivity contribution in [3.63, 3.8) is 0 Å². The molecule has 4 nitrogen and oxygen atoms in total. The molecule has 2 aromatic rings. The van der Waals surface area contributed by atoms with Gasteiger partial charge in [0.15, 0.2) is 0 Å². The number of ether oxygens (including phenoxy) is 1. The maximum absolute atomic E-state index is 11.0. The quantitative estimate of drug-likeness (QED) is 0.907. The molecule has 1 N–H and O–H groups in total. The third-order valence-corrected chi connectivity index (χ3v) is 3.74. The average Bonchev–Trinajstić information content (AvgIpc) is 2.79. The molecule has 0 saturated heterocycles. The van der Waals surface area contributed by atoms with Crippen LogP contribution >= 0.6 is 11.3 Å². The van der Waals surface area contributed by atoms with E-state index in [9.17, 15) is 4.79 Å². The van der Waals surface area contributed by atoms with E-state index in [4.69, 9.17) is 9.84 Å². The third kappa shape index (κ3) is 3.12. The van der Waals surface area contributed by atoms with Gasteiger partial charge in [-0.05, 0) is 25.5 Å². The number of thiazole rings is 1. The van der Waals surface area contributed by atoms with Gasteiger partial charge in [0.25, 0.3) is 0 Å². The Balaban J connectivity index is 2.31. The number of aromatic carboxylic acids is 1. The van der Waals surface area contributed by atoms with E-state index in [2.05, 4.69) is 4.98 Å². The Morgan fingerprint density at radius 2 is 2.26 bits per heavy atom. The molecule has 0 atom stereocenters. The molecule has 100 valence electrons. The highest BCUT2D eigenvalue weighted by Crippen LogP contribution is 2.30. The monoisotopic (exact) mass is 277 g/mol. The number of hydrogen-bond donors (Lipinski definition) is 1. The summed E-state index contributed by atoms with van der Waals surface area (Å²) < 4.78 is 5.56. The van der Waals surface area contributed by atoms with Crippen LogP contribution in [0.5, 0.6) is 5.75 Å². The maximum atomic E-state index is 11.0. The second kappa shape index (κ2) is 5.84. The number of carbonyl (C=O) groups is 1. The van der Waals surface area contributed by atoms with Gasteiger partial charge in [-0.1, -0.05) is 19.1 Å². The van der Waals surface area contributed by atoms with Gasteiger partial charge in [0.05, 0.1) is 12.3 Å². The number of hydrogen-bond acceptors (Lipinski definition) is 4.